The van der Waals surface area contributed by atoms with Gasteiger partial charge in [0.1, 0.15) is 6.61 Å². The van der Waals surface area contributed by atoms with Gasteiger partial charge in [0.05, 0.1) is 0 Å². The number of carbonyl (C=O) groups excluding carboxylic acids is 1. The molecule has 1 unspecified atom stereocenters. The van der Waals surface area contributed by atoms with Crippen molar-refractivity contribution in [3.8, 4) is 11.8 Å². The van der Waals surface area contributed by atoms with Crippen LogP contribution in [0.25, 0.3) is 0 Å². The third kappa shape index (κ3) is 3.38. The first-order valence-corrected chi connectivity index (χ1v) is 6.81. The average Bonchev–Trinajstić information content (AvgIpc) is 2.48. The van der Waals surface area contributed by atoms with Crippen LogP contribution in [-0.4, -0.2) is 60.1 Å². The molecule has 0 aliphatic carbocycles. The zero-order chi connectivity index (χ0) is 14.5. The van der Waals surface area contributed by atoms with Gasteiger partial charge in [-0.15, -0.1) is 0 Å². The van der Waals surface area contributed by atoms with Gasteiger partial charge in [-0.2, -0.15) is 0 Å². The molecule has 1 heterocycles. The molecule has 1 aliphatic heterocycles. The minimum Gasteiger partial charge on any atom is -0.384 e. The van der Waals surface area contributed by atoms with E-state index in [1.54, 1.807) is 12.1 Å². The highest BCUT2D eigenvalue weighted by atomic mass is 16.2. The van der Waals surface area contributed by atoms with Crippen LogP contribution in [0.3, 0.4) is 0 Å². The molecule has 2 rings (SSSR count). The zero-order valence-electron chi connectivity index (χ0n) is 12.0. The van der Waals surface area contributed by atoms with Gasteiger partial charge in [-0.05, 0) is 38.2 Å². The number of piperazine rings is 1. The summed E-state index contributed by atoms with van der Waals surface area (Å²) < 4.78 is 0. The monoisotopic (exact) mass is 272 g/mol. The first kappa shape index (κ1) is 14.6. The molecule has 0 spiro atoms. The van der Waals surface area contributed by atoms with Crippen LogP contribution in [0.1, 0.15) is 22.8 Å². The number of aliphatic hydroxyl groups excluding tert-OH is 1. The Balaban J connectivity index is 2.06. The standard InChI is InChI=1S/C16H20N2O2/c1-13-12-18(10-9-17(13)2)16(20)15-7-5-14(6-8-15)4-3-11-19/h5-8,13,19H,9-12H2,1-2H3. The van der Waals surface area contributed by atoms with Crippen molar-refractivity contribution in [1.29, 1.82) is 0 Å². The van der Waals surface area contributed by atoms with E-state index in [1.165, 1.54) is 0 Å². The number of benzene rings is 1. The zero-order valence-corrected chi connectivity index (χ0v) is 12.0. The molecule has 4 heteroatoms. The van der Waals surface area contributed by atoms with Gasteiger partial charge in [0.2, 0.25) is 0 Å². The van der Waals surface area contributed by atoms with Gasteiger partial charge in [-0.1, -0.05) is 11.8 Å². The molecule has 0 bridgehead atoms. The fourth-order valence-corrected chi connectivity index (χ4v) is 2.25. The predicted octanol–water partition coefficient (Wildman–Crippen LogP) is 0.806. The highest BCUT2D eigenvalue weighted by molar-refractivity contribution is 5.94. The van der Waals surface area contributed by atoms with Gasteiger partial charge in [0, 0.05) is 36.8 Å². The molecular formula is C16H20N2O2. The van der Waals surface area contributed by atoms with E-state index < -0.39 is 0 Å². The average molecular weight is 272 g/mol. The third-order valence-electron chi connectivity index (χ3n) is 3.69. The molecule has 4 nitrogen and oxygen atoms in total. The Bertz CT molecular complexity index is 528. The van der Waals surface area contributed by atoms with Crippen LogP contribution in [-0.2, 0) is 0 Å². The van der Waals surface area contributed by atoms with E-state index >= 15 is 0 Å². The molecule has 1 fully saturated rings. The third-order valence-corrected chi connectivity index (χ3v) is 3.69. The van der Waals surface area contributed by atoms with Crippen molar-refractivity contribution in [2.24, 2.45) is 0 Å². The van der Waals surface area contributed by atoms with E-state index in [9.17, 15) is 4.79 Å². The van der Waals surface area contributed by atoms with Gasteiger partial charge in [-0.3, -0.25) is 4.79 Å². The van der Waals surface area contributed by atoms with Gasteiger partial charge < -0.3 is 14.9 Å². The Labute approximate surface area is 120 Å². The summed E-state index contributed by atoms with van der Waals surface area (Å²) in [7, 11) is 2.08. The summed E-state index contributed by atoms with van der Waals surface area (Å²) >= 11 is 0. The smallest absolute Gasteiger partial charge is 0.253 e. The number of rotatable bonds is 1. The molecule has 1 atom stereocenters. The number of nitrogens with zero attached hydrogens (tertiary/aromatic N) is 2. The Morgan fingerprint density at radius 3 is 2.65 bits per heavy atom. The fourth-order valence-electron chi connectivity index (χ4n) is 2.25. The minimum absolute atomic E-state index is 0.0756. The number of amides is 1. The molecule has 0 saturated carbocycles. The maximum atomic E-state index is 12.4. The van der Waals surface area contributed by atoms with Crippen molar-refractivity contribution in [2.75, 3.05) is 33.3 Å². The summed E-state index contributed by atoms with van der Waals surface area (Å²) in [6, 6.07) is 7.62. The van der Waals surface area contributed by atoms with Gasteiger partial charge in [0.25, 0.3) is 5.91 Å². The van der Waals surface area contributed by atoms with Crippen molar-refractivity contribution >= 4 is 5.91 Å². The molecule has 1 amide bonds. The van der Waals surface area contributed by atoms with Gasteiger partial charge in [-0.25, -0.2) is 0 Å². The molecule has 1 saturated heterocycles. The first-order valence-electron chi connectivity index (χ1n) is 6.81. The van der Waals surface area contributed by atoms with Crippen LogP contribution >= 0.6 is 0 Å². The lowest BCUT2D eigenvalue weighted by atomic mass is 10.1. The van der Waals surface area contributed by atoms with Crippen molar-refractivity contribution in [1.82, 2.24) is 9.80 Å². The maximum Gasteiger partial charge on any atom is 0.253 e. The maximum absolute atomic E-state index is 12.4. The van der Waals surface area contributed by atoms with Crippen LogP contribution in [0.2, 0.25) is 0 Å². The quantitative estimate of drug-likeness (QED) is 0.769. The largest absolute Gasteiger partial charge is 0.384 e. The second-order valence-electron chi connectivity index (χ2n) is 5.12. The molecule has 0 radical (unpaired) electrons. The predicted molar refractivity (Wildman–Crippen MR) is 78.4 cm³/mol. The van der Waals surface area contributed by atoms with Crippen molar-refractivity contribution in [2.45, 2.75) is 13.0 Å². The van der Waals surface area contributed by atoms with Crippen LogP contribution in [0.5, 0.6) is 0 Å². The van der Waals surface area contributed by atoms with Crippen LogP contribution in [0, 0.1) is 11.8 Å². The van der Waals surface area contributed by atoms with Crippen LogP contribution in [0.15, 0.2) is 24.3 Å². The second-order valence-corrected chi connectivity index (χ2v) is 5.12. The van der Waals surface area contributed by atoms with Crippen molar-refractivity contribution in [3.05, 3.63) is 35.4 Å². The lowest BCUT2D eigenvalue weighted by molar-refractivity contribution is 0.0572. The summed E-state index contributed by atoms with van der Waals surface area (Å²) in [5.41, 5.74) is 1.50. The molecule has 106 valence electrons. The fraction of sp³-hybridized carbons (Fsp3) is 0.438. The van der Waals surface area contributed by atoms with E-state index in [0.29, 0.717) is 11.6 Å². The molecule has 20 heavy (non-hydrogen) atoms. The van der Waals surface area contributed by atoms with E-state index in [-0.39, 0.29) is 12.5 Å². The summed E-state index contributed by atoms with van der Waals surface area (Å²) in [4.78, 5) is 16.6. The summed E-state index contributed by atoms with van der Waals surface area (Å²) in [5, 5.41) is 8.65. The highest BCUT2D eigenvalue weighted by Gasteiger charge is 2.24. The lowest BCUT2D eigenvalue weighted by Gasteiger charge is -2.37. The van der Waals surface area contributed by atoms with E-state index in [2.05, 4.69) is 30.7 Å². The number of hydrogen-bond donors (Lipinski definition) is 1. The second kappa shape index (κ2) is 6.56. The normalized spacial score (nSPS) is 19.4. The Hall–Kier alpha value is -1.83. The van der Waals surface area contributed by atoms with Crippen molar-refractivity contribution in [3.63, 3.8) is 0 Å². The summed E-state index contributed by atoms with van der Waals surface area (Å²) in [6.07, 6.45) is 0. The van der Waals surface area contributed by atoms with Gasteiger partial charge in [0.15, 0.2) is 0 Å². The highest BCUT2D eigenvalue weighted by Crippen LogP contribution is 2.12. The minimum atomic E-state index is -0.153. The molecule has 1 aromatic carbocycles. The molecule has 1 aromatic rings. The number of aliphatic hydroxyl groups is 1. The topological polar surface area (TPSA) is 43.8 Å². The molecular weight excluding hydrogens is 252 g/mol. The van der Waals surface area contributed by atoms with Crippen molar-refractivity contribution < 1.29 is 9.90 Å². The van der Waals surface area contributed by atoms with Gasteiger partial charge >= 0.3 is 0 Å². The lowest BCUT2D eigenvalue weighted by Crippen LogP contribution is -2.52. The SMILES string of the molecule is CC1CN(C(=O)c2ccc(C#CCO)cc2)CCN1C. The molecule has 0 aromatic heterocycles. The van der Waals surface area contributed by atoms with Crippen LogP contribution in [0.4, 0.5) is 0 Å². The van der Waals surface area contributed by atoms with E-state index in [4.69, 9.17) is 5.11 Å². The number of likely N-dealkylation sites (N-methyl/N-ethyl adjacent to an activating group) is 1. The van der Waals surface area contributed by atoms with E-state index in [0.717, 1.165) is 25.2 Å². The Kier molecular flexibility index (Phi) is 4.78. The Morgan fingerprint density at radius 2 is 2.05 bits per heavy atom. The summed E-state index contributed by atoms with van der Waals surface area (Å²) in [5.74, 6) is 5.49. The Morgan fingerprint density at radius 1 is 1.35 bits per heavy atom. The first-order chi connectivity index (χ1) is 9.61. The number of carbonyl (C=O) groups is 1. The number of hydrogen-bond acceptors (Lipinski definition) is 3. The molecule has 1 N–H and O–H groups in total. The van der Waals surface area contributed by atoms with Crippen LogP contribution < -0.4 is 0 Å². The molecule has 1 aliphatic rings. The summed E-state index contributed by atoms with van der Waals surface area (Å²) in [6.45, 7) is 4.42. The van der Waals surface area contributed by atoms with E-state index in [1.807, 2.05) is 17.0 Å².